The molecule has 1 heterocycles. The molecule has 1 unspecified atom stereocenters. The normalized spacial score (nSPS) is 22.8. The van der Waals surface area contributed by atoms with Crippen LogP contribution < -0.4 is 10.8 Å². The number of aliphatic imine (C=N–C) groups is 1. The maximum absolute atomic E-state index is 10.9. The fourth-order valence-electron chi connectivity index (χ4n) is 2.16. The van der Waals surface area contributed by atoms with Gasteiger partial charge in [-0.15, -0.1) is 0 Å². The number of hydrogen-bond donors (Lipinski definition) is 1. The van der Waals surface area contributed by atoms with Crippen LogP contribution in [0.25, 0.3) is 0 Å². The summed E-state index contributed by atoms with van der Waals surface area (Å²) >= 11 is 0. The molecule has 0 fully saturated rings. The number of hydrogen-bond acceptors (Lipinski definition) is 4. The van der Waals surface area contributed by atoms with E-state index in [0.29, 0.717) is 13.1 Å². The number of nitrogens with zero attached hydrogens (tertiary/aromatic N) is 2. The van der Waals surface area contributed by atoms with Gasteiger partial charge < -0.3 is 15.6 Å². The van der Waals surface area contributed by atoms with Crippen molar-refractivity contribution in [1.29, 1.82) is 0 Å². The van der Waals surface area contributed by atoms with Gasteiger partial charge in [0, 0.05) is 13.0 Å². The van der Waals surface area contributed by atoms with Gasteiger partial charge in [-0.2, -0.15) is 0 Å². The number of aliphatic carboxylic acids is 1. The van der Waals surface area contributed by atoms with E-state index in [-0.39, 0.29) is 11.0 Å². The first kappa shape index (κ1) is 13.9. The van der Waals surface area contributed by atoms with Crippen molar-refractivity contribution >= 4 is 11.8 Å². The van der Waals surface area contributed by atoms with E-state index in [9.17, 15) is 9.90 Å². The number of quaternary nitrogens is 1. The minimum atomic E-state index is -1.06. The molecule has 0 bridgehead atoms. The van der Waals surface area contributed by atoms with Crippen molar-refractivity contribution in [2.75, 3.05) is 19.6 Å². The van der Waals surface area contributed by atoms with E-state index < -0.39 is 5.97 Å². The molecule has 0 amide bonds. The van der Waals surface area contributed by atoms with Gasteiger partial charge >= 0.3 is 0 Å². The van der Waals surface area contributed by atoms with E-state index >= 15 is 0 Å². The Bertz CT molecular complexity index is 326. The van der Waals surface area contributed by atoms with Gasteiger partial charge in [0.05, 0.1) is 12.2 Å². The lowest BCUT2D eigenvalue weighted by Gasteiger charge is -2.32. The Morgan fingerprint density at radius 1 is 1.53 bits per heavy atom. The van der Waals surface area contributed by atoms with Crippen LogP contribution in [0, 0.1) is 0 Å². The van der Waals surface area contributed by atoms with Gasteiger partial charge in [-0.05, 0) is 6.42 Å². The highest BCUT2D eigenvalue weighted by Gasteiger charge is 2.34. The Labute approximate surface area is 102 Å². The number of amidine groups is 1. The molecule has 0 saturated heterocycles. The second-order valence-electron chi connectivity index (χ2n) is 4.38. The highest BCUT2D eigenvalue weighted by molar-refractivity contribution is 5.80. The average Bonchev–Trinajstić information content (AvgIpc) is 2.61. The molecule has 2 N–H and O–H groups in total. The smallest absolute Gasteiger partial charge is 0.207 e. The molecule has 0 aromatic heterocycles. The predicted molar refractivity (Wildman–Crippen MR) is 64.8 cm³/mol. The van der Waals surface area contributed by atoms with E-state index in [2.05, 4.69) is 11.9 Å². The summed E-state index contributed by atoms with van der Waals surface area (Å²) in [5.74, 6) is -0.165. The first-order valence-corrected chi connectivity index (χ1v) is 6.16. The van der Waals surface area contributed by atoms with Crippen molar-refractivity contribution in [3.8, 4) is 0 Å². The van der Waals surface area contributed by atoms with Gasteiger partial charge in [0.1, 0.15) is 19.3 Å². The molecule has 0 saturated carbocycles. The molecule has 5 nitrogen and oxygen atoms in total. The number of carboxylic acids is 1. The zero-order valence-corrected chi connectivity index (χ0v) is 10.4. The van der Waals surface area contributed by atoms with Crippen LogP contribution >= 0.6 is 0 Å². The largest absolute Gasteiger partial charge is 0.544 e. The SMILES string of the molecule is CCCCCC1=NC=C[N+]1(CCN)CC(=O)[O-]. The quantitative estimate of drug-likeness (QED) is 0.477. The topological polar surface area (TPSA) is 78.5 Å². The Kier molecular flexibility index (Phi) is 5.31. The number of carbonyl (C=O) groups is 1. The van der Waals surface area contributed by atoms with Crippen molar-refractivity contribution in [3.63, 3.8) is 0 Å². The molecular formula is C12H21N3O2. The lowest BCUT2D eigenvalue weighted by Crippen LogP contribution is -2.55. The molecule has 5 heteroatoms. The second kappa shape index (κ2) is 6.51. The maximum atomic E-state index is 10.9. The summed E-state index contributed by atoms with van der Waals surface area (Å²) in [5, 5.41) is 10.9. The fraction of sp³-hybridized carbons (Fsp3) is 0.667. The zero-order valence-electron chi connectivity index (χ0n) is 10.4. The third-order valence-electron chi connectivity index (χ3n) is 3.03. The highest BCUT2D eigenvalue weighted by Crippen LogP contribution is 2.20. The first-order chi connectivity index (χ1) is 8.14. The summed E-state index contributed by atoms with van der Waals surface area (Å²) in [7, 11) is 0. The summed E-state index contributed by atoms with van der Waals surface area (Å²) < 4.78 is 0.239. The van der Waals surface area contributed by atoms with Gasteiger partial charge in [0.25, 0.3) is 0 Å². The van der Waals surface area contributed by atoms with Gasteiger partial charge in [-0.25, -0.2) is 9.48 Å². The van der Waals surface area contributed by atoms with E-state index in [0.717, 1.165) is 31.5 Å². The van der Waals surface area contributed by atoms with Crippen molar-refractivity contribution in [1.82, 2.24) is 0 Å². The van der Waals surface area contributed by atoms with Crippen LogP contribution in [0.2, 0.25) is 0 Å². The van der Waals surface area contributed by atoms with Crippen LogP contribution in [0.4, 0.5) is 0 Å². The Balaban J connectivity index is 2.70. The van der Waals surface area contributed by atoms with Crippen LogP contribution in [0.1, 0.15) is 32.6 Å². The summed E-state index contributed by atoms with van der Waals surface area (Å²) in [6, 6.07) is 0. The Morgan fingerprint density at radius 2 is 2.29 bits per heavy atom. The second-order valence-corrected chi connectivity index (χ2v) is 4.38. The van der Waals surface area contributed by atoms with Crippen molar-refractivity contribution in [2.45, 2.75) is 32.6 Å². The molecule has 96 valence electrons. The molecule has 17 heavy (non-hydrogen) atoms. The third kappa shape index (κ3) is 3.64. The van der Waals surface area contributed by atoms with E-state index in [4.69, 9.17) is 5.73 Å². The lowest BCUT2D eigenvalue weighted by molar-refractivity contribution is -0.780. The van der Waals surface area contributed by atoms with E-state index in [1.54, 1.807) is 6.20 Å². The van der Waals surface area contributed by atoms with Crippen LogP contribution in [0.5, 0.6) is 0 Å². The van der Waals surface area contributed by atoms with Crippen LogP contribution in [-0.2, 0) is 4.79 Å². The Morgan fingerprint density at radius 3 is 2.88 bits per heavy atom. The van der Waals surface area contributed by atoms with Crippen molar-refractivity contribution < 1.29 is 14.4 Å². The number of carbonyl (C=O) groups excluding carboxylic acids is 1. The van der Waals surface area contributed by atoms with Gasteiger partial charge in [0.2, 0.25) is 5.84 Å². The molecule has 0 spiro atoms. The average molecular weight is 239 g/mol. The molecule has 0 aliphatic carbocycles. The summed E-state index contributed by atoms with van der Waals surface area (Å²) in [6.07, 6.45) is 7.62. The molecule has 0 aromatic rings. The van der Waals surface area contributed by atoms with Crippen molar-refractivity contribution in [2.24, 2.45) is 10.7 Å². The zero-order chi connectivity index (χ0) is 12.7. The number of nitrogens with two attached hydrogens (primary N) is 1. The van der Waals surface area contributed by atoms with Gasteiger partial charge in [-0.3, -0.25) is 0 Å². The fourth-order valence-corrected chi connectivity index (χ4v) is 2.16. The third-order valence-corrected chi connectivity index (χ3v) is 3.03. The summed E-state index contributed by atoms with van der Waals surface area (Å²) in [5.41, 5.74) is 5.57. The van der Waals surface area contributed by atoms with Crippen molar-refractivity contribution in [3.05, 3.63) is 12.4 Å². The minimum Gasteiger partial charge on any atom is -0.544 e. The number of unbranched alkanes of at least 4 members (excludes halogenated alkanes) is 2. The monoisotopic (exact) mass is 239 g/mol. The minimum absolute atomic E-state index is 0.0708. The van der Waals surface area contributed by atoms with E-state index in [1.165, 1.54) is 0 Å². The summed E-state index contributed by atoms with van der Waals surface area (Å²) in [6.45, 7) is 3.07. The maximum Gasteiger partial charge on any atom is 0.207 e. The number of rotatable bonds is 8. The standard InChI is InChI=1S/C12H21N3O2/c1-2-3-4-5-11-14-7-9-15(11,8-6-13)10-12(16)17/h7,9H,2-6,8,10,13H2,1H3. The lowest BCUT2D eigenvalue weighted by atomic mass is 10.1. The van der Waals surface area contributed by atoms with Crippen LogP contribution in [0.3, 0.4) is 0 Å². The predicted octanol–water partition coefficient (Wildman–Crippen LogP) is -0.0246. The summed E-state index contributed by atoms with van der Waals surface area (Å²) in [4.78, 5) is 15.1. The molecule has 1 rings (SSSR count). The highest BCUT2D eigenvalue weighted by atomic mass is 16.4. The molecule has 0 aromatic carbocycles. The molecule has 1 atom stereocenters. The van der Waals surface area contributed by atoms with Gasteiger partial charge in [-0.1, -0.05) is 19.8 Å². The van der Waals surface area contributed by atoms with Crippen LogP contribution in [0.15, 0.2) is 17.4 Å². The molecule has 1 aliphatic rings. The van der Waals surface area contributed by atoms with E-state index in [1.807, 2.05) is 6.20 Å². The Hall–Kier alpha value is -1.20. The molecule has 0 radical (unpaired) electrons. The molecular weight excluding hydrogens is 218 g/mol. The van der Waals surface area contributed by atoms with Crippen LogP contribution in [-0.4, -0.2) is 35.9 Å². The van der Waals surface area contributed by atoms with Gasteiger partial charge in [0.15, 0.2) is 0 Å². The molecule has 1 aliphatic heterocycles. The number of carboxylic acid groups (broad SMARTS) is 1. The first-order valence-electron chi connectivity index (χ1n) is 6.16.